The molecule has 0 unspecified atom stereocenters. The third-order valence-electron chi connectivity index (χ3n) is 1.86. The van der Waals surface area contributed by atoms with E-state index in [1.165, 1.54) is 4.88 Å². The molecule has 1 aromatic heterocycles. The number of carbonyl (C=O) groups is 1. The zero-order valence-corrected chi connectivity index (χ0v) is 9.28. The van der Waals surface area contributed by atoms with Gasteiger partial charge in [0.15, 0.2) is 0 Å². The summed E-state index contributed by atoms with van der Waals surface area (Å²) in [5.41, 5.74) is 6.23. The first-order valence-corrected chi connectivity index (χ1v) is 5.34. The van der Waals surface area contributed by atoms with Crippen LogP contribution < -0.4 is 11.1 Å². The minimum atomic E-state index is -0.108. The van der Waals surface area contributed by atoms with Gasteiger partial charge in [0.2, 0.25) is 5.91 Å². The fourth-order valence-electron chi connectivity index (χ4n) is 1.19. The summed E-state index contributed by atoms with van der Waals surface area (Å²) in [6, 6.07) is 0. The third-order valence-corrected chi connectivity index (χ3v) is 2.99. The van der Waals surface area contributed by atoms with Gasteiger partial charge in [-0.1, -0.05) is 0 Å². The minimum Gasteiger partial charge on any atom is -0.355 e. The van der Waals surface area contributed by atoms with E-state index in [-0.39, 0.29) is 12.5 Å². The standard InChI is InChI=1S/C9H15N3OS/c1-6-8(14-7(2)12-6)3-4-11-9(13)5-10/h3-5,10H2,1-2H3,(H,11,13). The summed E-state index contributed by atoms with van der Waals surface area (Å²) in [5, 5.41) is 3.80. The van der Waals surface area contributed by atoms with Crippen molar-refractivity contribution < 1.29 is 4.79 Å². The van der Waals surface area contributed by atoms with Crippen molar-refractivity contribution >= 4 is 17.2 Å². The molecule has 0 aliphatic heterocycles. The summed E-state index contributed by atoms with van der Waals surface area (Å²) >= 11 is 1.68. The number of nitrogens with two attached hydrogens (primary N) is 1. The van der Waals surface area contributed by atoms with Crippen LogP contribution in [0.4, 0.5) is 0 Å². The molecular formula is C9H15N3OS. The van der Waals surface area contributed by atoms with Crippen LogP contribution in [0.3, 0.4) is 0 Å². The van der Waals surface area contributed by atoms with Crippen LogP contribution in [-0.4, -0.2) is 24.0 Å². The highest BCUT2D eigenvalue weighted by atomic mass is 32.1. The molecule has 1 rings (SSSR count). The average Bonchev–Trinajstić information content (AvgIpc) is 2.45. The summed E-state index contributed by atoms with van der Waals surface area (Å²) in [6.45, 7) is 4.67. The van der Waals surface area contributed by atoms with Gasteiger partial charge in [0.25, 0.3) is 0 Å². The van der Waals surface area contributed by atoms with E-state index in [1.54, 1.807) is 11.3 Å². The fourth-order valence-corrected chi connectivity index (χ4v) is 2.13. The summed E-state index contributed by atoms with van der Waals surface area (Å²) in [6.07, 6.45) is 0.836. The predicted octanol–water partition coefficient (Wildman–Crippen LogP) is 0.377. The Labute approximate surface area is 87.5 Å². The molecule has 1 heterocycles. The van der Waals surface area contributed by atoms with E-state index < -0.39 is 0 Å². The van der Waals surface area contributed by atoms with Crippen molar-refractivity contribution in [2.24, 2.45) is 5.73 Å². The Balaban J connectivity index is 2.38. The molecule has 14 heavy (non-hydrogen) atoms. The smallest absolute Gasteiger partial charge is 0.233 e. The Morgan fingerprint density at radius 3 is 2.79 bits per heavy atom. The lowest BCUT2D eigenvalue weighted by Crippen LogP contribution is -2.31. The third kappa shape index (κ3) is 3.08. The van der Waals surface area contributed by atoms with E-state index in [4.69, 9.17) is 5.73 Å². The largest absolute Gasteiger partial charge is 0.355 e. The lowest BCUT2D eigenvalue weighted by molar-refractivity contribution is -0.119. The van der Waals surface area contributed by atoms with Crippen molar-refractivity contribution in [2.45, 2.75) is 20.3 Å². The summed E-state index contributed by atoms with van der Waals surface area (Å²) in [4.78, 5) is 16.4. The molecule has 1 amide bonds. The zero-order valence-electron chi connectivity index (χ0n) is 8.46. The lowest BCUT2D eigenvalue weighted by atomic mass is 10.3. The molecule has 0 aliphatic rings. The van der Waals surface area contributed by atoms with Crippen LogP contribution in [0, 0.1) is 13.8 Å². The maximum atomic E-state index is 10.8. The molecule has 4 nitrogen and oxygen atoms in total. The summed E-state index contributed by atoms with van der Waals surface area (Å²) < 4.78 is 0. The van der Waals surface area contributed by atoms with Crippen molar-refractivity contribution in [3.63, 3.8) is 0 Å². The minimum absolute atomic E-state index is 0.0563. The van der Waals surface area contributed by atoms with Crippen LogP contribution in [0.15, 0.2) is 0 Å². The van der Waals surface area contributed by atoms with Gasteiger partial charge in [-0.05, 0) is 13.8 Å². The molecule has 1 aromatic rings. The number of aromatic nitrogens is 1. The molecule has 0 saturated carbocycles. The van der Waals surface area contributed by atoms with E-state index in [0.29, 0.717) is 6.54 Å². The van der Waals surface area contributed by atoms with Crippen LogP contribution in [0.25, 0.3) is 0 Å². The van der Waals surface area contributed by atoms with Crippen molar-refractivity contribution in [3.05, 3.63) is 15.6 Å². The van der Waals surface area contributed by atoms with Gasteiger partial charge in [0.05, 0.1) is 17.2 Å². The van der Waals surface area contributed by atoms with Gasteiger partial charge < -0.3 is 11.1 Å². The van der Waals surface area contributed by atoms with E-state index in [1.807, 2.05) is 13.8 Å². The molecule has 0 radical (unpaired) electrons. The molecule has 5 heteroatoms. The second-order valence-electron chi connectivity index (χ2n) is 3.05. The van der Waals surface area contributed by atoms with E-state index in [0.717, 1.165) is 17.1 Å². The van der Waals surface area contributed by atoms with Gasteiger partial charge in [-0.3, -0.25) is 4.79 Å². The molecule has 3 N–H and O–H groups in total. The van der Waals surface area contributed by atoms with Crippen molar-refractivity contribution in [1.82, 2.24) is 10.3 Å². The topological polar surface area (TPSA) is 68.0 Å². The van der Waals surface area contributed by atoms with Crippen LogP contribution >= 0.6 is 11.3 Å². The van der Waals surface area contributed by atoms with Gasteiger partial charge in [-0.15, -0.1) is 11.3 Å². The Morgan fingerprint density at radius 2 is 2.29 bits per heavy atom. The molecule has 0 spiro atoms. The quantitative estimate of drug-likeness (QED) is 0.759. The first-order valence-electron chi connectivity index (χ1n) is 4.53. The maximum Gasteiger partial charge on any atom is 0.233 e. The summed E-state index contributed by atoms with van der Waals surface area (Å²) in [7, 11) is 0. The number of amides is 1. The molecule has 0 atom stereocenters. The number of hydrogen-bond donors (Lipinski definition) is 2. The number of carbonyl (C=O) groups excluding carboxylic acids is 1. The fraction of sp³-hybridized carbons (Fsp3) is 0.556. The number of aryl methyl sites for hydroxylation is 2. The molecular weight excluding hydrogens is 198 g/mol. The molecule has 0 aliphatic carbocycles. The number of hydrogen-bond acceptors (Lipinski definition) is 4. The Morgan fingerprint density at radius 1 is 1.57 bits per heavy atom. The van der Waals surface area contributed by atoms with Crippen LogP contribution in [0.1, 0.15) is 15.6 Å². The monoisotopic (exact) mass is 213 g/mol. The number of nitrogens with zero attached hydrogens (tertiary/aromatic N) is 1. The SMILES string of the molecule is Cc1nc(C)c(CCNC(=O)CN)s1. The average molecular weight is 213 g/mol. The molecule has 0 bridgehead atoms. The second-order valence-corrected chi connectivity index (χ2v) is 4.33. The van der Waals surface area contributed by atoms with Gasteiger partial charge in [0, 0.05) is 17.8 Å². The van der Waals surface area contributed by atoms with Crippen LogP contribution in [-0.2, 0) is 11.2 Å². The predicted molar refractivity (Wildman–Crippen MR) is 57.4 cm³/mol. The van der Waals surface area contributed by atoms with Gasteiger partial charge >= 0.3 is 0 Å². The Hall–Kier alpha value is -0.940. The van der Waals surface area contributed by atoms with E-state index in [2.05, 4.69) is 10.3 Å². The highest BCUT2D eigenvalue weighted by Crippen LogP contribution is 2.16. The number of thiazole rings is 1. The van der Waals surface area contributed by atoms with Gasteiger partial charge in [0.1, 0.15) is 0 Å². The Bertz CT molecular complexity index is 322. The Kier molecular flexibility index (Phi) is 4.03. The van der Waals surface area contributed by atoms with Crippen LogP contribution in [0.5, 0.6) is 0 Å². The first-order chi connectivity index (χ1) is 6.63. The second kappa shape index (κ2) is 5.07. The maximum absolute atomic E-state index is 10.8. The molecule has 78 valence electrons. The lowest BCUT2D eigenvalue weighted by Gasteiger charge is -2.01. The van der Waals surface area contributed by atoms with E-state index >= 15 is 0 Å². The molecule has 0 fully saturated rings. The first kappa shape index (κ1) is 11.1. The summed E-state index contributed by atoms with van der Waals surface area (Å²) in [5.74, 6) is -0.108. The van der Waals surface area contributed by atoms with Crippen molar-refractivity contribution in [3.8, 4) is 0 Å². The van der Waals surface area contributed by atoms with E-state index in [9.17, 15) is 4.79 Å². The normalized spacial score (nSPS) is 10.2. The van der Waals surface area contributed by atoms with Gasteiger partial charge in [-0.25, -0.2) is 4.98 Å². The van der Waals surface area contributed by atoms with Crippen molar-refractivity contribution in [1.29, 1.82) is 0 Å². The highest BCUT2D eigenvalue weighted by molar-refractivity contribution is 7.11. The van der Waals surface area contributed by atoms with Crippen LogP contribution in [0.2, 0.25) is 0 Å². The molecule has 0 aromatic carbocycles. The number of nitrogens with one attached hydrogen (secondary N) is 1. The zero-order chi connectivity index (χ0) is 10.6. The number of rotatable bonds is 4. The molecule has 0 saturated heterocycles. The highest BCUT2D eigenvalue weighted by Gasteiger charge is 2.04. The van der Waals surface area contributed by atoms with Crippen molar-refractivity contribution in [2.75, 3.05) is 13.1 Å². The van der Waals surface area contributed by atoms with Gasteiger partial charge in [-0.2, -0.15) is 0 Å².